The highest BCUT2D eigenvalue weighted by Gasteiger charge is 2.32. The molecule has 2 atom stereocenters. The number of fused-ring (bicyclic) bond motifs is 1. The first kappa shape index (κ1) is 34.5. The monoisotopic (exact) mass is 607 g/mol. The van der Waals surface area contributed by atoms with Crippen LogP contribution in [0.3, 0.4) is 0 Å². The van der Waals surface area contributed by atoms with Crippen LogP contribution in [0.5, 0.6) is 0 Å². The van der Waals surface area contributed by atoms with Crippen molar-refractivity contribution in [3.8, 4) is 11.1 Å². The largest absolute Gasteiger partial charge is 0.443 e. The Labute approximate surface area is 246 Å². The number of hydrogen-bond acceptors (Lipinski definition) is 7. The maximum absolute atomic E-state index is 14.2. The number of nitrogens with zero attached hydrogens (tertiary/aromatic N) is 1. The van der Waals surface area contributed by atoms with Gasteiger partial charge in [0.1, 0.15) is 18.1 Å². The van der Waals surface area contributed by atoms with Crippen molar-refractivity contribution in [3.63, 3.8) is 0 Å². The second kappa shape index (κ2) is 16.6. The van der Waals surface area contributed by atoms with E-state index in [1.165, 1.54) is 6.39 Å². The molecular formula is C30H33F4N3O4S. The van der Waals surface area contributed by atoms with E-state index in [2.05, 4.69) is 40.0 Å². The number of oxazole rings is 1. The Morgan fingerprint density at radius 3 is 2.29 bits per heavy atom. The van der Waals surface area contributed by atoms with Crippen LogP contribution in [0.1, 0.15) is 42.7 Å². The minimum Gasteiger partial charge on any atom is -0.443 e. The lowest BCUT2D eigenvalue weighted by atomic mass is 9.77. The molecular weight excluding hydrogens is 574 g/mol. The molecule has 7 nitrogen and oxygen atoms in total. The molecule has 0 saturated heterocycles. The summed E-state index contributed by atoms with van der Waals surface area (Å²) in [5.41, 5.74) is 3.38. The maximum atomic E-state index is 14.2. The molecule has 1 amide bonds. The lowest BCUT2D eigenvalue weighted by Crippen LogP contribution is -2.28. The predicted molar refractivity (Wildman–Crippen MR) is 157 cm³/mol. The van der Waals surface area contributed by atoms with Crippen molar-refractivity contribution in [2.45, 2.75) is 37.8 Å². The first-order valence-electron chi connectivity index (χ1n) is 12.8. The van der Waals surface area contributed by atoms with E-state index >= 15 is 0 Å². The number of hydrogen-bond donors (Lipinski definition) is 4. The second-order valence-corrected chi connectivity index (χ2v) is 9.57. The summed E-state index contributed by atoms with van der Waals surface area (Å²) in [6.45, 7) is 2.00. The summed E-state index contributed by atoms with van der Waals surface area (Å²) in [4.78, 5) is 25.0. The van der Waals surface area contributed by atoms with Crippen LogP contribution in [-0.4, -0.2) is 36.9 Å². The van der Waals surface area contributed by atoms with Gasteiger partial charge in [-0.25, -0.2) is 9.37 Å². The molecule has 1 aliphatic rings. The van der Waals surface area contributed by atoms with E-state index in [0.717, 1.165) is 59.9 Å². The van der Waals surface area contributed by atoms with E-state index in [1.807, 2.05) is 37.1 Å². The van der Waals surface area contributed by atoms with Crippen LogP contribution < -0.4 is 10.0 Å². The fraction of sp³-hybridized carbons (Fsp3) is 0.300. The number of carbonyl (C=O) groups excluding carboxylic acids is 2. The van der Waals surface area contributed by atoms with Crippen LogP contribution in [0.25, 0.3) is 22.2 Å². The van der Waals surface area contributed by atoms with Crippen molar-refractivity contribution >= 4 is 42.3 Å². The zero-order chi connectivity index (χ0) is 31.3. The third kappa shape index (κ3) is 9.13. The molecule has 0 spiro atoms. The number of anilines is 1. The lowest BCUT2D eigenvalue weighted by Gasteiger charge is -2.29. The predicted octanol–water partition coefficient (Wildman–Crippen LogP) is 7.04. The Kier molecular flexibility index (Phi) is 13.7. The highest BCUT2D eigenvalue weighted by Crippen LogP contribution is 2.38. The van der Waals surface area contributed by atoms with Crippen LogP contribution in [0.15, 0.2) is 71.5 Å². The van der Waals surface area contributed by atoms with E-state index in [-0.39, 0.29) is 23.4 Å². The van der Waals surface area contributed by atoms with Crippen LogP contribution >= 0.6 is 12.8 Å². The smallest absolute Gasteiger partial charge is 0.416 e. The molecule has 226 valence electrons. The van der Waals surface area contributed by atoms with Gasteiger partial charge in [0.05, 0.1) is 11.3 Å². The van der Waals surface area contributed by atoms with Gasteiger partial charge in [0, 0.05) is 13.0 Å². The third-order valence-corrected chi connectivity index (χ3v) is 6.65. The van der Waals surface area contributed by atoms with E-state index in [9.17, 15) is 22.4 Å². The quantitative estimate of drug-likeness (QED) is 0.147. The second-order valence-electron chi connectivity index (χ2n) is 9.12. The molecule has 1 aromatic heterocycles. The molecule has 2 unspecified atom stereocenters. The van der Waals surface area contributed by atoms with Crippen LogP contribution in [0, 0.1) is 11.7 Å². The molecule has 42 heavy (non-hydrogen) atoms. The number of aromatic nitrogens is 1. The number of aliphatic hydroxyl groups excluding tert-OH is 1. The fourth-order valence-electron chi connectivity index (χ4n) is 4.74. The van der Waals surface area contributed by atoms with Gasteiger partial charge in [-0.05, 0) is 79.3 Å². The van der Waals surface area contributed by atoms with Crippen molar-refractivity contribution in [2.24, 2.45) is 5.92 Å². The molecule has 1 fully saturated rings. The van der Waals surface area contributed by atoms with Crippen LogP contribution in [0.2, 0.25) is 0 Å². The van der Waals surface area contributed by atoms with Gasteiger partial charge in [-0.2, -0.15) is 13.2 Å². The summed E-state index contributed by atoms with van der Waals surface area (Å²) in [5, 5.41) is 9.48. The SMILES string of the molecule is C=O.CNS.CO.O=C(Nc1ccc(C(F)(F)F)cc1F)C1CCCC(c2ccc(-c3ccc4ocnc4c3)cc2)C1. The Hall–Kier alpha value is -3.74. The fourth-order valence-corrected chi connectivity index (χ4v) is 4.74. The summed E-state index contributed by atoms with van der Waals surface area (Å²) in [7, 11) is 2.74. The third-order valence-electron chi connectivity index (χ3n) is 6.65. The Bertz CT molecular complexity index is 1410. The van der Waals surface area contributed by atoms with Gasteiger partial charge in [0.2, 0.25) is 5.91 Å². The topological polar surface area (TPSA) is 104 Å². The lowest BCUT2D eigenvalue weighted by molar-refractivity contribution is -0.137. The molecule has 1 aliphatic carbocycles. The Morgan fingerprint density at radius 2 is 1.67 bits per heavy atom. The summed E-state index contributed by atoms with van der Waals surface area (Å²) >= 11 is 3.54. The zero-order valence-corrected chi connectivity index (χ0v) is 24.0. The number of rotatable bonds is 4. The van der Waals surface area contributed by atoms with Crippen molar-refractivity contribution in [3.05, 3.63) is 84.0 Å². The highest BCUT2D eigenvalue weighted by molar-refractivity contribution is 7.78. The molecule has 0 bridgehead atoms. The molecule has 1 heterocycles. The molecule has 12 heteroatoms. The number of alkyl halides is 3. The first-order valence-corrected chi connectivity index (χ1v) is 13.3. The van der Waals surface area contributed by atoms with Crippen molar-refractivity contribution in [1.29, 1.82) is 0 Å². The standard InChI is InChI=1S/C27H22F4N2O2.CH5NS.CH4O.CH2O/c28-22-14-21(27(29,30)31)9-10-23(22)33-26(34)20-3-1-2-18(12-20)16-4-6-17(7-5-16)19-8-11-25-24(13-19)32-15-35-25;1-2-3;2*1-2/h4-11,13-15,18,20H,1-3,12H2,(H,33,34);2-3H,1H3;2H,1H3;1H2. The minimum atomic E-state index is -4.64. The van der Waals surface area contributed by atoms with Gasteiger partial charge in [-0.1, -0.05) is 49.6 Å². The van der Waals surface area contributed by atoms with Gasteiger partial charge in [-0.15, -0.1) is 0 Å². The van der Waals surface area contributed by atoms with Gasteiger partial charge in [-0.3, -0.25) is 9.52 Å². The summed E-state index contributed by atoms with van der Waals surface area (Å²) in [5.74, 6) is -1.64. The first-order chi connectivity index (χ1) is 20.2. The molecule has 1 saturated carbocycles. The number of aliphatic hydroxyl groups is 1. The summed E-state index contributed by atoms with van der Waals surface area (Å²) in [6, 6.07) is 16.2. The van der Waals surface area contributed by atoms with Crippen LogP contribution in [0.4, 0.5) is 23.2 Å². The highest BCUT2D eigenvalue weighted by atomic mass is 32.1. The zero-order valence-electron chi connectivity index (χ0n) is 23.1. The molecule has 5 rings (SSSR count). The van der Waals surface area contributed by atoms with E-state index < -0.39 is 17.6 Å². The van der Waals surface area contributed by atoms with Gasteiger partial charge >= 0.3 is 6.18 Å². The summed E-state index contributed by atoms with van der Waals surface area (Å²) < 4.78 is 60.2. The molecule has 4 aromatic rings. The number of halogens is 4. The molecule has 0 radical (unpaired) electrons. The van der Waals surface area contributed by atoms with Crippen molar-refractivity contribution < 1.29 is 36.7 Å². The van der Waals surface area contributed by atoms with E-state index in [1.54, 1.807) is 7.05 Å². The number of carbonyl (C=O) groups is 2. The minimum absolute atomic E-state index is 0.170. The van der Waals surface area contributed by atoms with Crippen molar-refractivity contribution in [2.75, 3.05) is 19.5 Å². The number of thiol groups is 1. The molecule has 3 aromatic carbocycles. The van der Waals surface area contributed by atoms with Crippen molar-refractivity contribution in [1.82, 2.24) is 9.71 Å². The number of benzene rings is 3. The number of nitrogens with one attached hydrogen (secondary N) is 2. The average Bonchev–Trinajstić information content (AvgIpc) is 3.48. The molecule has 0 aliphatic heterocycles. The Morgan fingerprint density at radius 1 is 1.02 bits per heavy atom. The normalized spacial score (nSPS) is 16.1. The average molecular weight is 608 g/mol. The van der Waals surface area contributed by atoms with Gasteiger partial charge in [0.15, 0.2) is 12.0 Å². The number of amides is 1. The molecule has 3 N–H and O–H groups in total. The van der Waals surface area contributed by atoms with Crippen LogP contribution in [-0.2, 0) is 15.8 Å². The van der Waals surface area contributed by atoms with E-state index in [4.69, 9.17) is 14.3 Å². The van der Waals surface area contributed by atoms with Gasteiger partial charge in [0.25, 0.3) is 0 Å². The van der Waals surface area contributed by atoms with Gasteiger partial charge < -0.3 is 19.6 Å². The maximum Gasteiger partial charge on any atom is 0.416 e. The van der Waals surface area contributed by atoms with E-state index in [0.29, 0.717) is 18.9 Å². The Balaban J connectivity index is 0.000000813. The summed E-state index contributed by atoms with van der Waals surface area (Å²) in [6.07, 6.45) is -0.207.